The fourth-order valence-electron chi connectivity index (χ4n) is 3.15. The van der Waals surface area contributed by atoms with Gasteiger partial charge in [-0.05, 0) is 26.0 Å². The summed E-state index contributed by atoms with van der Waals surface area (Å²) in [6, 6.07) is 9.46. The monoisotopic (exact) mass is 387 g/mol. The molecule has 0 aliphatic carbocycles. The molecule has 0 unspecified atom stereocenters. The van der Waals surface area contributed by atoms with Crippen molar-refractivity contribution < 1.29 is 23.8 Å². The molecular formula is C20H22FN3O4. The first-order valence-electron chi connectivity index (χ1n) is 8.99. The zero-order chi connectivity index (χ0) is 20.3. The Labute approximate surface area is 162 Å². The number of benzene rings is 1. The molecule has 2 heterocycles. The molecular weight excluding hydrogens is 365 g/mol. The van der Waals surface area contributed by atoms with E-state index in [0.717, 1.165) is 0 Å². The Hall–Kier alpha value is -3.16. The van der Waals surface area contributed by atoms with Crippen molar-refractivity contribution >= 4 is 17.7 Å². The second kappa shape index (κ2) is 8.24. The Balaban J connectivity index is 1.66. The van der Waals surface area contributed by atoms with E-state index in [2.05, 4.69) is 4.98 Å². The summed E-state index contributed by atoms with van der Waals surface area (Å²) in [7, 11) is 0. The first kappa shape index (κ1) is 19.6. The van der Waals surface area contributed by atoms with Crippen LogP contribution in [0.15, 0.2) is 36.4 Å². The molecule has 1 atom stereocenters. The molecule has 1 aromatic carbocycles. The smallest absolute Gasteiger partial charge is 0.407 e. The minimum Gasteiger partial charge on any atom is -0.473 e. The lowest BCUT2D eigenvalue weighted by molar-refractivity contribution is 0.101. The second-order valence-corrected chi connectivity index (χ2v) is 6.76. The maximum Gasteiger partial charge on any atom is 0.407 e. The van der Waals surface area contributed by atoms with Crippen LogP contribution in [0.4, 0.5) is 15.0 Å². The van der Waals surface area contributed by atoms with Crippen LogP contribution in [0.3, 0.4) is 0 Å². The van der Waals surface area contributed by atoms with Crippen LogP contribution in [0.5, 0.6) is 5.88 Å². The number of Topliss-reactive ketones (excluding diaryl/α,β-unsaturated/α-hetero) is 1. The summed E-state index contributed by atoms with van der Waals surface area (Å²) in [5.41, 5.74) is 0.650. The molecule has 148 valence electrons. The number of amides is 1. The number of ether oxygens (including phenoxy) is 1. The van der Waals surface area contributed by atoms with Crippen LogP contribution in [0.1, 0.15) is 29.8 Å². The zero-order valence-corrected chi connectivity index (χ0v) is 15.8. The van der Waals surface area contributed by atoms with Crippen molar-refractivity contribution in [2.24, 2.45) is 0 Å². The highest BCUT2D eigenvalue weighted by molar-refractivity contribution is 5.94. The van der Waals surface area contributed by atoms with Crippen LogP contribution in [-0.4, -0.2) is 52.5 Å². The van der Waals surface area contributed by atoms with Gasteiger partial charge in [0, 0.05) is 42.9 Å². The van der Waals surface area contributed by atoms with Crippen molar-refractivity contribution in [1.82, 2.24) is 9.88 Å². The molecule has 1 N–H and O–H groups in total. The molecule has 0 spiro atoms. The van der Waals surface area contributed by atoms with Crippen LogP contribution in [0.25, 0.3) is 0 Å². The molecule has 1 amide bonds. The van der Waals surface area contributed by atoms with E-state index in [0.29, 0.717) is 42.5 Å². The Morgan fingerprint density at radius 3 is 2.71 bits per heavy atom. The van der Waals surface area contributed by atoms with Gasteiger partial charge in [0.2, 0.25) is 5.88 Å². The minimum atomic E-state index is -0.921. The van der Waals surface area contributed by atoms with E-state index in [4.69, 9.17) is 4.74 Å². The summed E-state index contributed by atoms with van der Waals surface area (Å²) in [5.74, 6) is 0.336. The number of anilines is 1. The van der Waals surface area contributed by atoms with E-state index in [1.54, 1.807) is 18.2 Å². The van der Waals surface area contributed by atoms with Crippen molar-refractivity contribution in [2.75, 3.05) is 24.5 Å². The Bertz CT molecular complexity index is 890. The van der Waals surface area contributed by atoms with Crippen molar-refractivity contribution in [3.8, 4) is 5.88 Å². The zero-order valence-electron chi connectivity index (χ0n) is 15.8. The van der Waals surface area contributed by atoms with Gasteiger partial charge in [-0.3, -0.25) is 4.79 Å². The van der Waals surface area contributed by atoms with Crippen LogP contribution in [-0.2, 0) is 6.61 Å². The van der Waals surface area contributed by atoms with Gasteiger partial charge in [-0.15, -0.1) is 0 Å². The number of pyridine rings is 1. The van der Waals surface area contributed by atoms with Gasteiger partial charge in [0.1, 0.15) is 18.2 Å². The van der Waals surface area contributed by atoms with Crippen LogP contribution in [0, 0.1) is 5.82 Å². The van der Waals surface area contributed by atoms with Gasteiger partial charge in [-0.1, -0.05) is 18.2 Å². The van der Waals surface area contributed by atoms with E-state index in [1.807, 2.05) is 17.9 Å². The third-order valence-electron chi connectivity index (χ3n) is 4.74. The Morgan fingerprint density at radius 2 is 2.07 bits per heavy atom. The van der Waals surface area contributed by atoms with E-state index in [9.17, 15) is 19.1 Å². The summed E-state index contributed by atoms with van der Waals surface area (Å²) >= 11 is 0. The van der Waals surface area contributed by atoms with Gasteiger partial charge in [-0.2, -0.15) is 4.98 Å². The van der Waals surface area contributed by atoms with Gasteiger partial charge < -0.3 is 19.6 Å². The minimum absolute atomic E-state index is 0.0103. The van der Waals surface area contributed by atoms with Gasteiger partial charge in [0.25, 0.3) is 0 Å². The Kier molecular flexibility index (Phi) is 5.77. The fourth-order valence-corrected chi connectivity index (χ4v) is 3.15. The quantitative estimate of drug-likeness (QED) is 0.794. The number of hydrogen-bond acceptors (Lipinski definition) is 5. The molecule has 1 aromatic heterocycles. The lowest BCUT2D eigenvalue weighted by atomic mass is 10.1. The predicted octanol–water partition coefficient (Wildman–Crippen LogP) is 3.19. The maximum absolute atomic E-state index is 14.1. The summed E-state index contributed by atoms with van der Waals surface area (Å²) in [6.07, 6.45) is -0.921. The lowest BCUT2D eigenvalue weighted by Gasteiger charge is -2.38. The first-order valence-corrected chi connectivity index (χ1v) is 8.99. The number of aromatic nitrogens is 1. The second-order valence-electron chi connectivity index (χ2n) is 6.76. The summed E-state index contributed by atoms with van der Waals surface area (Å²) < 4.78 is 19.7. The maximum atomic E-state index is 14.1. The molecule has 0 radical (unpaired) electrons. The van der Waals surface area contributed by atoms with E-state index in [-0.39, 0.29) is 18.4 Å². The van der Waals surface area contributed by atoms with E-state index in [1.165, 1.54) is 24.0 Å². The molecule has 28 heavy (non-hydrogen) atoms. The van der Waals surface area contributed by atoms with Crippen LogP contribution < -0.4 is 9.64 Å². The van der Waals surface area contributed by atoms with Gasteiger partial charge >= 0.3 is 6.09 Å². The highest BCUT2D eigenvalue weighted by atomic mass is 19.1. The molecule has 1 fully saturated rings. The highest BCUT2D eigenvalue weighted by Crippen LogP contribution is 2.21. The molecule has 8 heteroatoms. The molecule has 0 saturated carbocycles. The third-order valence-corrected chi connectivity index (χ3v) is 4.74. The lowest BCUT2D eigenvalue weighted by Crippen LogP contribution is -2.53. The average Bonchev–Trinajstić information content (AvgIpc) is 2.66. The number of carbonyl (C=O) groups excluding carboxylic acids is 1. The molecule has 1 saturated heterocycles. The number of ketones is 1. The molecule has 1 aliphatic heterocycles. The number of halogens is 1. The summed E-state index contributed by atoms with van der Waals surface area (Å²) in [4.78, 5) is 30.4. The molecule has 7 nitrogen and oxygen atoms in total. The number of hydrogen-bond donors (Lipinski definition) is 1. The van der Waals surface area contributed by atoms with Gasteiger partial charge in [0.05, 0.1) is 0 Å². The first-order chi connectivity index (χ1) is 13.3. The highest BCUT2D eigenvalue weighted by Gasteiger charge is 2.27. The van der Waals surface area contributed by atoms with Gasteiger partial charge in [0.15, 0.2) is 5.78 Å². The molecule has 0 bridgehead atoms. The van der Waals surface area contributed by atoms with Crippen molar-refractivity contribution in [2.45, 2.75) is 26.5 Å². The third kappa shape index (κ3) is 4.39. The normalized spacial score (nSPS) is 16.8. The number of carboxylic acid groups (broad SMARTS) is 1. The fraction of sp³-hybridized carbons (Fsp3) is 0.350. The van der Waals surface area contributed by atoms with Crippen LogP contribution >= 0.6 is 0 Å². The standard InChI is InChI=1S/C20H22FN3O4/c1-13-11-23(8-9-24(13)20(26)27)18-4-3-5-19(22-18)28-12-16-7-6-15(14(2)25)10-17(16)21/h3-7,10,13H,8-9,11-12H2,1-2H3,(H,26,27)/t13-/m0/s1. The Morgan fingerprint density at radius 1 is 1.29 bits per heavy atom. The summed E-state index contributed by atoms with van der Waals surface area (Å²) in [6.45, 7) is 4.70. The number of nitrogens with zero attached hydrogens (tertiary/aromatic N) is 3. The van der Waals surface area contributed by atoms with Gasteiger partial charge in [-0.25, -0.2) is 9.18 Å². The number of carbonyl (C=O) groups is 2. The SMILES string of the molecule is CC(=O)c1ccc(COc2cccc(N3CCN(C(=O)O)[C@@H](C)C3)n2)c(F)c1. The topological polar surface area (TPSA) is 83.0 Å². The number of piperazine rings is 1. The molecule has 3 rings (SSSR count). The summed E-state index contributed by atoms with van der Waals surface area (Å²) in [5, 5.41) is 9.18. The molecule has 1 aliphatic rings. The molecule has 2 aromatic rings. The van der Waals surface area contributed by atoms with Crippen molar-refractivity contribution in [3.05, 3.63) is 53.3 Å². The predicted molar refractivity (Wildman–Crippen MR) is 101 cm³/mol. The van der Waals surface area contributed by atoms with E-state index < -0.39 is 11.9 Å². The largest absolute Gasteiger partial charge is 0.473 e. The van der Waals surface area contributed by atoms with Crippen LogP contribution in [0.2, 0.25) is 0 Å². The number of rotatable bonds is 5. The van der Waals surface area contributed by atoms with Crippen molar-refractivity contribution in [3.63, 3.8) is 0 Å². The average molecular weight is 387 g/mol. The van der Waals surface area contributed by atoms with Crippen molar-refractivity contribution in [1.29, 1.82) is 0 Å². The van der Waals surface area contributed by atoms with E-state index >= 15 is 0 Å².